The molecule has 0 aromatic carbocycles. The summed E-state index contributed by atoms with van der Waals surface area (Å²) in [6.07, 6.45) is -0.0757. The number of rotatable bonds is 6. The number of aromatic nitrogens is 1. The maximum absolute atomic E-state index is 12.1. The molecule has 0 radical (unpaired) electrons. The van der Waals surface area contributed by atoms with Gasteiger partial charge in [-0.15, -0.1) is 0 Å². The Morgan fingerprint density at radius 1 is 1.43 bits per heavy atom. The van der Waals surface area contributed by atoms with Crippen molar-refractivity contribution in [3.05, 3.63) is 11.5 Å². The van der Waals surface area contributed by atoms with Gasteiger partial charge in [-0.05, 0) is 27.7 Å². The highest BCUT2D eigenvalue weighted by Crippen LogP contribution is 2.18. The first-order chi connectivity index (χ1) is 9.59. The highest BCUT2D eigenvalue weighted by atomic mass is 32.2. The van der Waals surface area contributed by atoms with Crippen LogP contribution in [0.15, 0.2) is 9.42 Å². The van der Waals surface area contributed by atoms with Crippen LogP contribution in [0.4, 0.5) is 0 Å². The first-order valence-corrected chi connectivity index (χ1v) is 7.72. The Hall–Kier alpha value is -1.92. The lowest BCUT2D eigenvalue weighted by molar-refractivity contribution is -0.122. The number of hydrogen-bond acceptors (Lipinski definition) is 6. The van der Waals surface area contributed by atoms with Gasteiger partial charge in [0.1, 0.15) is 16.1 Å². The Labute approximate surface area is 123 Å². The minimum atomic E-state index is -3.77. The van der Waals surface area contributed by atoms with Gasteiger partial charge in [-0.1, -0.05) is 5.16 Å². The second kappa shape index (κ2) is 6.24. The fraction of sp³-hybridized carbons (Fsp3) is 0.583. The molecular weight excluding hydrogens is 296 g/mol. The number of hydrogen-bond donors (Lipinski definition) is 2. The minimum Gasteiger partial charge on any atom is -0.360 e. The molecule has 2 N–H and O–H groups in total. The molecule has 9 heteroatoms. The SMILES string of the molecule is Cc1noc(C)c1S(=O)(=O)NCCC(=O)NC(C)(C)C#N. The molecule has 116 valence electrons. The van der Waals surface area contributed by atoms with Crippen molar-refractivity contribution in [2.75, 3.05) is 6.54 Å². The van der Waals surface area contributed by atoms with Crippen LogP contribution in [0.1, 0.15) is 31.7 Å². The van der Waals surface area contributed by atoms with Gasteiger partial charge in [-0.2, -0.15) is 5.26 Å². The molecule has 0 aliphatic rings. The van der Waals surface area contributed by atoms with Crippen LogP contribution in [0, 0.1) is 25.2 Å². The van der Waals surface area contributed by atoms with Crippen LogP contribution in [0.3, 0.4) is 0 Å². The maximum Gasteiger partial charge on any atom is 0.245 e. The smallest absolute Gasteiger partial charge is 0.245 e. The summed E-state index contributed by atoms with van der Waals surface area (Å²) >= 11 is 0. The number of nitriles is 1. The van der Waals surface area contributed by atoms with Crippen LogP contribution in [0.25, 0.3) is 0 Å². The van der Waals surface area contributed by atoms with E-state index in [1.54, 1.807) is 13.8 Å². The molecule has 0 saturated carbocycles. The molecule has 0 aliphatic carbocycles. The van der Waals surface area contributed by atoms with Crippen LogP contribution in [-0.2, 0) is 14.8 Å². The van der Waals surface area contributed by atoms with E-state index in [1.165, 1.54) is 13.8 Å². The number of amides is 1. The number of carbonyl (C=O) groups excluding carboxylic acids is 1. The molecule has 0 spiro atoms. The highest BCUT2D eigenvalue weighted by molar-refractivity contribution is 7.89. The van der Waals surface area contributed by atoms with Crippen LogP contribution < -0.4 is 10.0 Å². The quantitative estimate of drug-likeness (QED) is 0.782. The third kappa shape index (κ3) is 4.54. The van der Waals surface area contributed by atoms with E-state index in [0.29, 0.717) is 0 Å². The fourth-order valence-corrected chi connectivity index (χ4v) is 3.03. The van der Waals surface area contributed by atoms with Gasteiger partial charge in [-0.25, -0.2) is 13.1 Å². The van der Waals surface area contributed by atoms with Crippen molar-refractivity contribution in [2.24, 2.45) is 0 Å². The molecule has 1 aromatic heterocycles. The summed E-state index contributed by atoms with van der Waals surface area (Å²) < 4.78 is 31.2. The van der Waals surface area contributed by atoms with Crippen LogP contribution in [0.2, 0.25) is 0 Å². The monoisotopic (exact) mass is 314 g/mol. The second-order valence-electron chi connectivity index (χ2n) is 5.09. The average molecular weight is 314 g/mol. The number of aryl methyl sites for hydroxylation is 2. The Kier molecular flexibility index (Phi) is 5.09. The van der Waals surface area contributed by atoms with Crippen molar-refractivity contribution in [3.63, 3.8) is 0 Å². The van der Waals surface area contributed by atoms with Gasteiger partial charge >= 0.3 is 0 Å². The first-order valence-electron chi connectivity index (χ1n) is 6.24. The zero-order valence-electron chi connectivity index (χ0n) is 12.3. The summed E-state index contributed by atoms with van der Waals surface area (Å²) in [5.74, 6) is -0.224. The summed E-state index contributed by atoms with van der Waals surface area (Å²) in [5.41, 5.74) is -0.729. The lowest BCUT2D eigenvalue weighted by Gasteiger charge is -2.17. The first kappa shape index (κ1) is 17.1. The molecule has 1 rings (SSSR count). The fourth-order valence-electron chi connectivity index (χ4n) is 1.67. The van der Waals surface area contributed by atoms with E-state index < -0.39 is 21.5 Å². The molecule has 1 heterocycles. The van der Waals surface area contributed by atoms with E-state index in [1.807, 2.05) is 6.07 Å². The molecule has 21 heavy (non-hydrogen) atoms. The van der Waals surface area contributed by atoms with E-state index in [4.69, 9.17) is 9.78 Å². The maximum atomic E-state index is 12.1. The lowest BCUT2D eigenvalue weighted by Crippen LogP contribution is -2.43. The van der Waals surface area contributed by atoms with Crippen molar-refractivity contribution < 1.29 is 17.7 Å². The molecule has 0 atom stereocenters. The van der Waals surface area contributed by atoms with E-state index >= 15 is 0 Å². The average Bonchev–Trinajstić information content (AvgIpc) is 2.68. The lowest BCUT2D eigenvalue weighted by atomic mass is 10.1. The normalized spacial score (nSPS) is 12.0. The topological polar surface area (TPSA) is 125 Å². The van der Waals surface area contributed by atoms with Crippen LogP contribution >= 0.6 is 0 Å². The predicted molar refractivity (Wildman–Crippen MR) is 73.6 cm³/mol. The summed E-state index contributed by atoms with van der Waals surface area (Å²) in [6, 6.07) is 1.92. The molecular formula is C12H18N4O4S. The molecule has 1 amide bonds. The molecule has 0 saturated heterocycles. The van der Waals surface area contributed by atoms with Crippen molar-refractivity contribution in [2.45, 2.75) is 44.6 Å². The molecule has 8 nitrogen and oxygen atoms in total. The minimum absolute atomic E-state index is 0.0136. The summed E-state index contributed by atoms with van der Waals surface area (Å²) in [5, 5.41) is 14.8. The van der Waals surface area contributed by atoms with Gasteiger partial charge in [0.2, 0.25) is 15.9 Å². The molecule has 0 unspecified atom stereocenters. The zero-order valence-corrected chi connectivity index (χ0v) is 13.2. The number of sulfonamides is 1. The molecule has 0 bridgehead atoms. The molecule has 0 aliphatic heterocycles. The van der Waals surface area contributed by atoms with Crippen molar-refractivity contribution in [3.8, 4) is 6.07 Å². The second-order valence-corrected chi connectivity index (χ2v) is 6.79. The van der Waals surface area contributed by atoms with Crippen LogP contribution in [0.5, 0.6) is 0 Å². The number of nitrogens with zero attached hydrogens (tertiary/aromatic N) is 2. The van der Waals surface area contributed by atoms with Crippen molar-refractivity contribution >= 4 is 15.9 Å². The Morgan fingerprint density at radius 3 is 2.52 bits per heavy atom. The Balaban J connectivity index is 2.61. The highest BCUT2D eigenvalue weighted by Gasteiger charge is 2.24. The molecule has 1 aromatic rings. The zero-order chi connectivity index (χ0) is 16.3. The van der Waals surface area contributed by atoms with Gasteiger partial charge in [0.05, 0.1) is 6.07 Å². The number of carbonyl (C=O) groups is 1. The van der Waals surface area contributed by atoms with E-state index in [2.05, 4.69) is 15.2 Å². The van der Waals surface area contributed by atoms with E-state index in [9.17, 15) is 13.2 Å². The predicted octanol–water partition coefficient (Wildman–Crippen LogP) is 0.378. The Morgan fingerprint density at radius 2 is 2.05 bits per heavy atom. The van der Waals surface area contributed by atoms with Gasteiger partial charge in [0, 0.05) is 13.0 Å². The third-order valence-corrected chi connectivity index (χ3v) is 4.32. The summed E-state index contributed by atoms with van der Waals surface area (Å²) in [6.45, 7) is 6.04. The Bertz CT molecular complexity index is 650. The largest absolute Gasteiger partial charge is 0.360 e. The third-order valence-electron chi connectivity index (χ3n) is 2.61. The van der Waals surface area contributed by atoms with Gasteiger partial charge in [-0.3, -0.25) is 4.79 Å². The van der Waals surface area contributed by atoms with Gasteiger partial charge in [0.15, 0.2) is 5.76 Å². The molecule has 0 fully saturated rings. The van der Waals surface area contributed by atoms with E-state index in [-0.39, 0.29) is 29.3 Å². The summed E-state index contributed by atoms with van der Waals surface area (Å²) in [7, 11) is -3.77. The standard InChI is InChI=1S/C12H18N4O4S/c1-8-11(9(2)20-16-8)21(18,19)14-6-5-10(17)15-12(3,4)7-13/h14H,5-6H2,1-4H3,(H,15,17). The van der Waals surface area contributed by atoms with Gasteiger partial charge in [0.25, 0.3) is 0 Å². The van der Waals surface area contributed by atoms with Gasteiger partial charge < -0.3 is 9.84 Å². The van der Waals surface area contributed by atoms with Crippen molar-refractivity contribution in [1.82, 2.24) is 15.2 Å². The van der Waals surface area contributed by atoms with E-state index in [0.717, 1.165) is 0 Å². The number of nitrogens with one attached hydrogen (secondary N) is 2. The van der Waals surface area contributed by atoms with Crippen LogP contribution in [-0.4, -0.2) is 31.6 Å². The van der Waals surface area contributed by atoms with Crippen molar-refractivity contribution in [1.29, 1.82) is 5.26 Å². The summed E-state index contributed by atoms with van der Waals surface area (Å²) in [4.78, 5) is 11.6.